The molecular formula is C67H56B2I2Na2O16S2. The van der Waals surface area contributed by atoms with E-state index < -0.39 is 73.3 Å². The number of halogens is 2. The van der Waals surface area contributed by atoms with E-state index in [2.05, 4.69) is 50.3 Å². The maximum atomic E-state index is 12.6. The quantitative estimate of drug-likeness (QED) is 0.0780. The Labute approximate surface area is 601 Å². The molecule has 0 aromatic heterocycles. The third kappa shape index (κ3) is 15.7. The Bertz CT molecular complexity index is 4430. The van der Waals surface area contributed by atoms with Crippen molar-refractivity contribution in [3.05, 3.63) is 216 Å². The zero-order chi connectivity index (χ0) is 64.9. The van der Waals surface area contributed by atoms with E-state index in [0.717, 1.165) is 34.9 Å². The minimum atomic E-state index is -4.51. The largest absolute Gasteiger partial charge is 1.00 e. The van der Waals surface area contributed by atoms with Crippen molar-refractivity contribution >= 4 is 120 Å². The van der Waals surface area contributed by atoms with E-state index in [0.29, 0.717) is 55.6 Å². The predicted molar refractivity (Wildman–Crippen MR) is 353 cm³/mol. The topological polar surface area (TPSA) is 254 Å². The number of rotatable bonds is 4. The molecule has 0 N–H and O–H groups in total. The Morgan fingerprint density at radius 3 is 1.00 bits per heavy atom. The number of Topliss-reactive ketones (excluding diaryl/α,β-unsaturated/α-hetero) is 6. The van der Waals surface area contributed by atoms with Crippen LogP contribution >= 0.6 is 45.2 Å². The van der Waals surface area contributed by atoms with Gasteiger partial charge in [-0.2, -0.15) is 0 Å². The van der Waals surface area contributed by atoms with Gasteiger partial charge in [-0.15, -0.1) is 0 Å². The van der Waals surface area contributed by atoms with Crippen LogP contribution in [0.3, 0.4) is 0 Å². The molecule has 2 fully saturated rings. The smallest absolute Gasteiger partial charge is 0.744 e. The first-order valence-corrected chi connectivity index (χ1v) is 32.7. The summed E-state index contributed by atoms with van der Waals surface area (Å²) in [4.78, 5) is 73.2. The van der Waals surface area contributed by atoms with Crippen molar-refractivity contribution in [2.24, 2.45) is 0 Å². The second kappa shape index (κ2) is 28.5. The van der Waals surface area contributed by atoms with Crippen LogP contribution in [0, 0.1) is 7.14 Å². The van der Waals surface area contributed by atoms with Crippen LogP contribution in [0.1, 0.15) is 118 Å². The summed E-state index contributed by atoms with van der Waals surface area (Å²) in [6.07, 6.45) is 0. The van der Waals surface area contributed by atoms with Crippen LogP contribution in [0.4, 0.5) is 0 Å². The maximum Gasteiger partial charge on any atom is 1.00 e. The average molecular weight is 1500 g/mol. The monoisotopic (exact) mass is 1500 g/mol. The van der Waals surface area contributed by atoms with Crippen molar-refractivity contribution in [2.75, 3.05) is 0 Å². The van der Waals surface area contributed by atoms with Crippen LogP contribution in [0.15, 0.2) is 186 Å². The number of ketones is 6. The Hall–Kier alpha value is -4.97. The number of carbonyl (C=O) groups excluding carboxylic acids is 6. The molecule has 13 rings (SSSR count). The van der Waals surface area contributed by atoms with Gasteiger partial charge in [0.2, 0.25) is 34.7 Å². The molecule has 2 saturated heterocycles. The van der Waals surface area contributed by atoms with E-state index in [1.165, 1.54) is 36.4 Å². The summed E-state index contributed by atoms with van der Waals surface area (Å²) in [5.74, 6) is -2.87. The summed E-state index contributed by atoms with van der Waals surface area (Å²) in [6.45, 7) is 18.1. The first-order chi connectivity index (χ1) is 41.6. The van der Waals surface area contributed by atoms with Gasteiger partial charge in [0.05, 0.1) is 32.2 Å². The van der Waals surface area contributed by atoms with Gasteiger partial charge in [0.15, 0.2) is 0 Å². The molecule has 5 aliphatic rings. The average Bonchev–Trinajstić information content (AvgIpc) is 1.53. The Morgan fingerprint density at radius 1 is 0.341 bits per heavy atom. The van der Waals surface area contributed by atoms with Crippen LogP contribution in [0.25, 0.3) is 44.5 Å². The first-order valence-electron chi connectivity index (χ1n) is 27.7. The molecule has 91 heavy (non-hydrogen) atoms. The summed E-state index contributed by atoms with van der Waals surface area (Å²) >= 11 is 4.17. The number of hydrogen-bond acceptors (Lipinski definition) is 16. The summed E-state index contributed by atoms with van der Waals surface area (Å²) in [5, 5.41) is 0. The van der Waals surface area contributed by atoms with E-state index in [1.54, 1.807) is 84.9 Å². The summed E-state index contributed by atoms with van der Waals surface area (Å²) in [6, 6.07) is 48.9. The molecule has 3 aliphatic carbocycles. The van der Waals surface area contributed by atoms with Gasteiger partial charge in [-0.05, 0) is 212 Å². The molecule has 8 aromatic carbocycles. The molecule has 0 saturated carbocycles. The number of fused-ring (bicyclic) bond motifs is 9. The summed E-state index contributed by atoms with van der Waals surface area (Å²) < 4.78 is 89.3. The SMILES string of the molecule is CB1OC(C)(C)C(C)(C)O1.CC1(C)OB(c2ccc3c(c2)C(=O)C(=O)c2ccccc2-3)OC1(C)C.O=C1C(=O)c2cc(-c3ccc(S(=O)(=O)[O-])cc3)ccc2-c2ccccc21.O=C1C(=O)c2cc(I)ccc2-c2ccccc21.O=S(=O)([O-])c1ccc(I)cc1.[Na+].[Na+]. The van der Waals surface area contributed by atoms with Gasteiger partial charge in [0, 0.05) is 40.5 Å². The van der Waals surface area contributed by atoms with Crippen molar-refractivity contribution in [2.45, 2.75) is 94.4 Å². The van der Waals surface area contributed by atoms with Crippen LogP contribution < -0.4 is 64.6 Å². The molecule has 0 atom stereocenters. The van der Waals surface area contributed by atoms with Crippen LogP contribution in [-0.4, -0.2) is 97.3 Å². The van der Waals surface area contributed by atoms with Crippen molar-refractivity contribution in [1.82, 2.24) is 0 Å². The fourth-order valence-corrected chi connectivity index (χ4v) is 12.0. The molecule has 24 heteroatoms. The second-order valence-corrected chi connectivity index (χ2v) is 28.4. The number of hydrogen-bond donors (Lipinski definition) is 0. The Morgan fingerprint density at radius 2 is 0.626 bits per heavy atom. The van der Waals surface area contributed by atoms with Crippen LogP contribution in [0.5, 0.6) is 0 Å². The van der Waals surface area contributed by atoms with Crippen molar-refractivity contribution in [1.29, 1.82) is 0 Å². The van der Waals surface area contributed by atoms with Crippen LogP contribution in [0.2, 0.25) is 6.82 Å². The Kier molecular flexibility index (Phi) is 23.0. The van der Waals surface area contributed by atoms with E-state index in [1.807, 2.05) is 112 Å². The van der Waals surface area contributed by atoms with Crippen molar-refractivity contribution in [3.63, 3.8) is 0 Å². The van der Waals surface area contributed by atoms with Gasteiger partial charge in [-0.3, -0.25) is 28.8 Å². The normalized spacial score (nSPS) is 16.5. The minimum absolute atomic E-state index is 0. The molecule has 0 bridgehead atoms. The maximum absolute atomic E-state index is 12.6. The van der Waals surface area contributed by atoms with Crippen LogP contribution in [-0.2, 0) is 38.9 Å². The molecule has 0 unspecified atom stereocenters. The molecular weight excluding hydrogens is 1450 g/mol. The van der Waals surface area contributed by atoms with Gasteiger partial charge in [0.1, 0.15) is 20.2 Å². The van der Waals surface area contributed by atoms with Gasteiger partial charge < -0.3 is 27.7 Å². The van der Waals surface area contributed by atoms with Gasteiger partial charge in [-0.1, -0.05) is 121 Å². The second-order valence-electron chi connectivity index (χ2n) is 23.2. The van der Waals surface area contributed by atoms with E-state index in [4.69, 9.17) is 18.6 Å². The molecule has 2 aliphatic heterocycles. The number of carbonyl (C=O) groups is 6. The van der Waals surface area contributed by atoms with Crippen molar-refractivity contribution in [3.8, 4) is 44.5 Å². The zero-order valence-corrected chi connectivity index (χ0v) is 61.5. The van der Waals surface area contributed by atoms with Gasteiger partial charge in [0.25, 0.3) is 0 Å². The predicted octanol–water partition coefficient (Wildman–Crippen LogP) is 6.58. The number of benzene rings is 8. The molecule has 0 radical (unpaired) electrons. The summed E-state index contributed by atoms with van der Waals surface area (Å²) in [7, 11) is -9.41. The van der Waals surface area contributed by atoms with E-state index in [-0.39, 0.29) is 87.2 Å². The molecule has 2 heterocycles. The standard InChI is InChI=1S/C20H19BO4.C20H12O5S.C14H7IO2.C7H15BO2.C6H5IO3S.2Na/c1-19(2)20(3,4)25-21(24-19)12-9-10-14-13-7-5-6-8-15(13)17(22)18(23)16(14)11-12;21-19-17-4-2-1-3-15(17)16-10-7-13(11-18(16)20(19)22)12-5-8-14(9-6-12)26(23,24)25;15-8-5-6-10-9-3-1-2-4-11(9)13(16)14(17)12(10)7-8;1-6(2)7(3,4)10-8(5)9-6;7-5-1-3-6(4-2-5)11(8,9)10;;/h5-11H,1-4H3;1-11H,(H,23,24,25);1-7H;1-5H3;1-4H,(H,8,9,10);;/q;;;;;2*+1/p-2. The first kappa shape index (κ1) is 73.4. The molecule has 16 nitrogen and oxygen atoms in total. The van der Waals surface area contributed by atoms with E-state index in [9.17, 15) is 54.7 Å². The van der Waals surface area contributed by atoms with Gasteiger partial charge >= 0.3 is 73.4 Å². The minimum Gasteiger partial charge on any atom is -0.744 e. The fraction of sp³-hybridized carbons (Fsp3) is 0.194. The third-order valence-electron chi connectivity index (χ3n) is 16.3. The molecule has 0 spiro atoms. The molecule has 0 amide bonds. The zero-order valence-electron chi connectivity index (χ0n) is 51.5. The molecule has 454 valence electrons. The van der Waals surface area contributed by atoms with Gasteiger partial charge in [-0.25, -0.2) is 16.8 Å². The van der Waals surface area contributed by atoms with Crippen molar-refractivity contribution < 1.29 is 132 Å². The Balaban J connectivity index is 0.000000168. The molecule has 8 aromatic rings. The fourth-order valence-electron chi connectivity index (χ4n) is 10.2. The summed E-state index contributed by atoms with van der Waals surface area (Å²) in [5.41, 5.74) is 8.08. The third-order valence-corrected chi connectivity index (χ3v) is 19.3. The van der Waals surface area contributed by atoms with E-state index >= 15 is 0 Å².